The lowest BCUT2D eigenvalue weighted by Gasteiger charge is -2.15. The number of aromatic nitrogens is 2. The topological polar surface area (TPSA) is 114 Å². The molecule has 0 bridgehead atoms. The van der Waals surface area contributed by atoms with E-state index in [1.54, 1.807) is 6.07 Å². The molecule has 9 nitrogen and oxygen atoms in total. The summed E-state index contributed by atoms with van der Waals surface area (Å²) >= 11 is 0. The van der Waals surface area contributed by atoms with Crippen molar-refractivity contribution in [1.29, 1.82) is 0 Å². The number of carbonyl (C=O) groups is 1. The van der Waals surface area contributed by atoms with Crippen LogP contribution >= 0.6 is 0 Å². The molecule has 0 atom stereocenters. The predicted octanol–water partition coefficient (Wildman–Crippen LogP) is 2.78. The van der Waals surface area contributed by atoms with Crippen LogP contribution in [0.5, 0.6) is 5.75 Å². The summed E-state index contributed by atoms with van der Waals surface area (Å²) in [7, 11) is -3.84. The number of hydrogen-bond acceptors (Lipinski definition) is 7. The lowest BCUT2D eigenvalue weighted by atomic mass is 10.1. The summed E-state index contributed by atoms with van der Waals surface area (Å²) < 4.78 is 32.7. The number of nitrogens with one attached hydrogen (secondary N) is 1. The number of pyridine rings is 1. The van der Waals surface area contributed by atoms with Gasteiger partial charge in [-0.2, -0.15) is 0 Å². The quantitative estimate of drug-likeness (QED) is 0.274. The van der Waals surface area contributed by atoms with Crippen molar-refractivity contribution in [2.75, 3.05) is 26.2 Å². The predicted molar refractivity (Wildman–Crippen MR) is 127 cm³/mol. The van der Waals surface area contributed by atoms with Crippen molar-refractivity contribution in [3.05, 3.63) is 72.7 Å². The summed E-state index contributed by atoms with van der Waals surface area (Å²) in [6.45, 7) is 3.86. The van der Waals surface area contributed by atoms with Crippen LogP contribution < -0.4 is 10.2 Å². The summed E-state index contributed by atoms with van der Waals surface area (Å²) in [5.74, 6) is 0.0770. The first kappa shape index (κ1) is 23.7. The van der Waals surface area contributed by atoms with Gasteiger partial charge in [0.25, 0.3) is 15.9 Å². The third-order valence-electron chi connectivity index (χ3n) is 5.56. The standard InChI is InChI=1S/C24H26N4O5S/c29-24(26-30)10-3-19-11-14-28(18-19)34(31,32)22-8-9-23(25-17-22)20-4-6-21(7-5-20)33-16-15-27-12-1-2-13-27/h3-11,14,17-18,30H,1-2,12-13,15-16H2,(H,26,29). The van der Waals surface area contributed by atoms with Crippen molar-refractivity contribution < 1.29 is 23.2 Å². The van der Waals surface area contributed by atoms with E-state index < -0.39 is 15.9 Å². The molecule has 0 aliphatic carbocycles. The molecule has 34 heavy (non-hydrogen) atoms. The van der Waals surface area contributed by atoms with Crippen LogP contribution in [0.25, 0.3) is 17.3 Å². The van der Waals surface area contributed by atoms with Gasteiger partial charge in [-0.05, 0) is 80.0 Å². The second-order valence-corrected chi connectivity index (χ2v) is 9.73. The Bertz CT molecular complexity index is 1250. The van der Waals surface area contributed by atoms with Gasteiger partial charge in [0, 0.05) is 36.8 Å². The Morgan fingerprint density at radius 3 is 2.56 bits per heavy atom. The molecule has 4 rings (SSSR count). The van der Waals surface area contributed by atoms with Crippen LogP contribution in [0.3, 0.4) is 0 Å². The van der Waals surface area contributed by atoms with E-state index in [4.69, 9.17) is 9.94 Å². The van der Waals surface area contributed by atoms with E-state index in [-0.39, 0.29) is 4.90 Å². The number of ether oxygens (including phenoxy) is 1. The van der Waals surface area contributed by atoms with Crippen LogP contribution in [0.4, 0.5) is 0 Å². The van der Waals surface area contributed by atoms with Gasteiger partial charge in [-0.15, -0.1) is 0 Å². The molecule has 0 unspecified atom stereocenters. The zero-order valence-corrected chi connectivity index (χ0v) is 19.3. The highest BCUT2D eigenvalue weighted by Crippen LogP contribution is 2.23. The lowest BCUT2D eigenvalue weighted by Crippen LogP contribution is -2.25. The number of hydroxylamine groups is 1. The van der Waals surface area contributed by atoms with Crippen molar-refractivity contribution in [2.24, 2.45) is 0 Å². The molecule has 0 spiro atoms. The fraction of sp³-hybridized carbons (Fsp3) is 0.250. The number of likely N-dealkylation sites (tertiary alicyclic amines) is 1. The molecule has 0 saturated carbocycles. The minimum Gasteiger partial charge on any atom is -0.492 e. The van der Waals surface area contributed by atoms with Crippen molar-refractivity contribution in [3.63, 3.8) is 0 Å². The van der Waals surface area contributed by atoms with E-state index in [1.165, 1.54) is 55.1 Å². The Morgan fingerprint density at radius 2 is 1.88 bits per heavy atom. The average Bonchev–Trinajstić information content (AvgIpc) is 3.56. The first-order valence-corrected chi connectivity index (χ1v) is 12.4. The highest BCUT2D eigenvalue weighted by atomic mass is 32.2. The Balaban J connectivity index is 1.39. The lowest BCUT2D eigenvalue weighted by molar-refractivity contribution is -0.124. The van der Waals surface area contributed by atoms with Gasteiger partial charge in [0.15, 0.2) is 0 Å². The second-order valence-electron chi connectivity index (χ2n) is 7.89. The average molecular weight is 483 g/mol. The first-order valence-electron chi connectivity index (χ1n) is 10.9. The highest BCUT2D eigenvalue weighted by Gasteiger charge is 2.17. The molecule has 1 saturated heterocycles. The summed E-state index contributed by atoms with van der Waals surface area (Å²) in [6.07, 6.45) is 9.06. The van der Waals surface area contributed by atoms with E-state index in [1.807, 2.05) is 24.3 Å². The van der Waals surface area contributed by atoms with E-state index in [2.05, 4.69) is 9.88 Å². The minimum absolute atomic E-state index is 0.0392. The first-order chi connectivity index (χ1) is 16.5. The van der Waals surface area contributed by atoms with Crippen molar-refractivity contribution in [2.45, 2.75) is 17.7 Å². The fourth-order valence-electron chi connectivity index (χ4n) is 3.70. The number of carbonyl (C=O) groups excluding carboxylic acids is 1. The van der Waals surface area contributed by atoms with Gasteiger partial charge in [-0.1, -0.05) is 0 Å². The third kappa shape index (κ3) is 5.71. The SMILES string of the molecule is O=C(C=Cc1ccn(S(=O)(=O)c2ccc(-c3ccc(OCCN4CCCC4)cc3)nc2)c1)NO. The molecular formula is C24H26N4O5S. The molecule has 178 valence electrons. The van der Waals surface area contributed by atoms with Crippen LogP contribution in [-0.4, -0.2) is 59.6 Å². The number of hydrogen-bond donors (Lipinski definition) is 2. The summed E-state index contributed by atoms with van der Waals surface area (Å²) in [6, 6.07) is 12.3. The number of nitrogens with zero attached hydrogens (tertiary/aromatic N) is 3. The second kappa shape index (κ2) is 10.6. The Morgan fingerprint density at radius 1 is 1.12 bits per heavy atom. The number of amides is 1. The zero-order chi connectivity index (χ0) is 24.0. The Labute approximate surface area is 198 Å². The summed E-state index contributed by atoms with van der Waals surface area (Å²) in [5.41, 5.74) is 3.46. The molecule has 2 N–H and O–H groups in total. The number of benzene rings is 1. The smallest absolute Gasteiger partial charge is 0.269 e. The highest BCUT2D eigenvalue weighted by molar-refractivity contribution is 7.90. The Kier molecular flexibility index (Phi) is 7.41. The van der Waals surface area contributed by atoms with Crippen LogP contribution in [0.1, 0.15) is 18.4 Å². The maximum atomic E-state index is 12.9. The van der Waals surface area contributed by atoms with Crippen LogP contribution in [-0.2, 0) is 14.8 Å². The maximum Gasteiger partial charge on any atom is 0.269 e. The fourth-order valence-corrected chi connectivity index (χ4v) is 4.85. The van der Waals surface area contributed by atoms with Crippen molar-refractivity contribution in [1.82, 2.24) is 19.3 Å². The monoisotopic (exact) mass is 482 g/mol. The molecule has 2 aromatic heterocycles. The molecule has 3 aromatic rings. The molecule has 1 amide bonds. The van der Waals surface area contributed by atoms with Gasteiger partial charge >= 0.3 is 0 Å². The third-order valence-corrected chi connectivity index (χ3v) is 7.18. The van der Waals surface area contributed by atoms with Gasteiger partial charge in [0.1, 0.15) is 17.3 Å². The van der Waals surface area contributed by atoms with Gasteiger partial charge in [-0.25, -0.2) is 17.9 Å². The molecule has 1 aliphatic heterocycles. The van der Waals surface area contributed by atoms with Crippen LogP contribution in [0.2, 0.25) is 0 Å². The van der Waals surface area contributed by atoms with E-state index in [0.29, 0.717) is 17.9 Å². The molecule has 1 aliphatic rings. The molecular weight excluding hydrogens is 456 g/mol. The zero-order valence-electron chi connectivity index (χ0n) is 18.5. The van der Waals surface area contributed by atoms with Gasteiger partial charge in [-0.3, -0.25) is 19.9 Å². The minimum atomic E-state index is -3.84. The van der Waals surface area contributed by atoms with Gasteiger partial charge in [0.2, 0.25) is 0 Å². The van der Waals surface area contributed by atoms with E-state index >= 15 is 0 Å². The van der Waals surface area contributed by atoms with E-state index in [9.17, 15) is 13.2 Å². The van der Waals surface area contributed by atoms with E-state index in [0.717, 1.165) is 41.0 Å². The van der Waals surface area contributed by atoms with Crippen LogP contribution in [0.15, 0.2) is 72.0 Å². The molecule has 10 heteroatoms. The largest absolute Gasteiger partial charge is 0.492 e. The molecule has 3 heterocycles. The van der Waals surface area contributed by atoms with Crippen molar-refractivity contribution >= 4 is 22.0 Å². The van der Waals surface area contributed by atoms with Crippen LogP contribution in [0, 0.1) is 0 Å². The molecule has 0 radical (unpaired) electrons. The summed E-state index contributed by atoms with van der Waals surface area (Å²) in [4.78, 5) is 17.8. The maximum absolute atomic E-state index is 12.9. The number of rotatable bonds is 9. The van der Waals surface area contributed by atoms with Gasteiger partial charge < -0.3 is 4.74 Å². The normalized spacial score (nSPS) is 14.5. The van der Waals surface area contributed by atoms with Gasteiger partial charge in [0.05, 0.1) is 5.69 Å². The Hall–Kier alpha value is -3.47. The molecule has 1 aromatic carbocycles. The molecule has 1 fully saturated rings. The van der Waals surface area contributed by atoms with Crippen molar-refractivity contribution in [3.8, 4) is 17.0 Å². The summed E-state index contributed by atoms with van der Waals surface area (Å²) in [5, 5.41) is 8.52.